The Kier molecular flexibility index (Phi) is 8.20. The first-order valence-electron chi connectivity index (χ1n) is 12.3. The van der Waals surface area contributed by atoms with E-state index in [0.29, 0.717) is 38.0 Å². The van der Waals surface area contributed by atoms with Gasteiger partial charge in [0.15, 0.2) is 0 Å². The van der Waals surface area contributed by atoms with E-state index in [1.165, 1.54) is 5.56 Å². The normalized spacial score (nSPS) is 15.1. The monoisotopic (exact) mass is 497 g/mol. The second-order valence-corrected chi connectivity index (χ2v) is 11.2. The number of carbonyl (C=O) groups excluding carboxylic acids is 1. The first kappa shape index (κ1) is 25.3. The molecule has 188 valence electrons. The molecule has 0 atom stereocenters. The fraction of sp³-hybridized carbons (Fsp3) is 0.462. The van der Waals surface area contributed by atoms with Gasteiger partial charge in [-0.2, -0.15) is 4.31 Å². The Balaban J connectivity index is 1.31. The zero-order valence-corrected chi connectivity index (χ0v) is 21.4. The lowest BCUT2D eigenvalue weighted by Crippen LogP contribution is -2.35. The van der Waals surface area contributed by atoms with Gasteiger partial charge in [0, 0.05) is 52.6 Å². The number of hydrogen-bond donors (Lipinski definition) is 1. The second-order valence-electron chi connectivity index (χ2n) is 9.28. The SMILES string of the molecule is CN(CCNC(=O)CCc1nc2cc(S(=O)(=O)N3CCCCC3)ccc2n1C)Cc1ccccc1. The fourth-order valence-corrected chi connectivity index (χ4v) is 6.08. The molecule has 2 aromatic carbocycles. The van der Waals surface area contributed by atoms with Crippen LogP contribution in [-0.2, 0) is 34.8 Å². The predicted molar refractivity (Wildman–Crippen MR) is 137 cm³/mol. The Morgan fingerprint density at radius 1 is 1.09 bits per heavy atom. The fourth-order valence-electron chi connectivity index (χ4n) is 4.54. The third kappa shape index (κ3) is 6.28. The Bertz CT molecular complexity index is 1250. The van der Waals surface area contributed by atoms with Gasteiger partial charge in [0.1, 0.15) is 5.82 Å². The van der Waals surface area contributed by atoms with Crippen molar-refractivity contribution in [3.05, 3.63) is 59.9 Å². The zero-order valence-electron chi connectivity index (χ0n) is 20.6. The van der Waals surface area contributed by atoms with E-state index in [4.69, 9.17) is 0 Å². The molecule has 1 aromatic heterocycles. The number of piperidine rings is 1. The molecule has 9 heteroatoms. The number of rotatable bonds is 10. The molecule has 0 unspecified atom stereocenters. The topological polar surface area (TPSA) is 87.5 Å². The van der Waals surface area contributed by atoms with Crippen LogP contribution in [0.15, 0.2) is 53.4 Å². The first-order valence-corrected chi connectivity index (χ1v) is 13.7. The maximum atomic E-state index is 13.0. The van der Waals surface area contributed by atoms with E-state index in [1.807, 2.05) is 42.9 Å². The second kappa shape index (κ2) is 11.3. The van der Waals surface area contributed by atoms with Crippen molar-refractivity contribution in [2.75, 3.05) is 33.2 Å². The molecule has 0 aliphatic carbocycles. The number of benzene rings is 2. The molecule has 0 saturated carbocycles. The van der Waals surface area contributed by atoms with Crippen LogP contribution in [-0.4, -0.2) is 66.3 Å². The number of sulfonamides is 1. The number of carbonyl (C=O) groups is 1. The van der Waals surface area contributed by atoms with Gasteiger partial charge in [-0.15, -0.1) is 0 Å². The third-order valence-electron chi connectivity index (χ3n) is 6.58. The van der Waals surface area contributed by atoms with E-state index in [0.717, 1.165) is 43.7 Å². The molecular formula is C26H35N5O3S. The average Bonchev–Trinajstić information content (AvgIpc) is 3.18. The van der Waals surface area contributed by atoms with Crippen molar-refractivity contribution in [3.63, 3.8) is 0 Å². The van der Waals surface area contributed by atoms with Crippen molar-refractivity contribution in [1.82, 2.24) is 24.1 Å². The van der Waals surface area contributed by atoms with E-state index in [1.54, 1.807) is 16.4 Å². The van der Waals surface area contributed by atoms with Crippen molar-refractivity contribution >= 4 is 27.0 Å². The van der Waals surface area contributed by atoms with Crippen molar-refractivity contribution in [2.24, 2.45) is 7.05 Å². The molecule has 1 aliphatic heterocycles. The van der Waals surface area contributed by atoms with Crippen LogP contribution in [0.5, 0.6) is 0 Å². The van der Waals surface area contributed by atoms with Crippen LogP contribution < -0.4 is 5.32 Å². The summed E-state index contributed by atoms with van der Waals surface area (Å²) < 4.78 is 29.6. The molecule has 1 N–H and O–H groups in total. The van der Waals surface area contributed by atoms with Gasteiger partial charge in [-0.1, -0.05) is 36.8 Å². The van der Waals surface area contributed by atoms with Crippen molar-refractivity contribution in [3.8, 4) is 0 Å². The number of hydrogen-bond acceptors (Lipinski definition) is 5. The van der Waals surface area contributed by atoms with Gasteiger partial charge >= 0.3 is 0 Å². The smallest absolute Gasteiger partial charge is 0.243 e. The van der Waals surface area contributed by atoms with Crippen molar-refractivity contribution in [1.29, 1.82) is 0 Å². The molecule has 1 amide bonds. The summed E-state index contributed by atoms with van der Waals surface area (Å²) in [4.78, 5) is 19.5. The molecule has 0 radical (unpaired) electrons. The number of likely N-dealkylation sites (N-methyl/N-ethyl adjacent to an activating group) is 1. The van der Waals surface area contributed by atoms with E-state index in [-0.39, 0.29) is 10.8 Å². The Morgan fingerprint density at radius 2 is 1.83 bits per heavy atom. The highest BCUT2D eigenvalue weighted by molar-refractivity contribution is 7.89. The van der Waals surface area contributed by atoms with Crippen LogP contribution in [0.25, 0.3) is 11.0 Å². The van der Waals surface area contributed by atoms with Gasteiger partial charge in [-0.3, -0.25) is 4.79 Å². The molecule has 3 aromatic rings. The van der Waals surface area contributed by atoms with Gasteiger partial charge in [0.25, 0.3) is 0 Å². The minimum atomic E-state index is -3.50. The number of nitrogens with zero attached hydrogens (tertiary/aromatic N) is 4. The molecule has 2 heterocycles. The molecule has 4 rings (SSSR count). The lowest BCUT2D eigenvalue weighted by molar-refractivity contribution is -0.121. The predicted octanol–water partition coefficient (Wildman–Crippen LogP) is 2.93. The summed E-state index contributed by atoms with van der Waals surface area (Å²) in [5.41, 5.74) is 2.75. The molecule has 1 fully saturated rings. The van der Waals surface area contributed by atoms with E-state index in [9.17, 15) is 13.2 Å². The molecule has 8 nitrogen and oxygen atoms in total. The van der Waals surface area contributed by atoms with Crippen LogP contribution in [0.4, 0.5) is 0 Å². The van der Waals surface area contributed by atoms with Gasteiger partial charge in [-0.25, -0.2) is 13.4 Å². The quantitative estimate of drug-likeness (QED) is 0.465. The first-order chi connectivity index (χ1) is 16.8. The molecule has 0 spiro atoms. The molecular weight excluding hydrogens is 462 g/mol. The summed E-state index contributed by atoms with van der Waals surface area (Å²) in [7, 11) is 0.438. The zero-order chi connectivity index (χ0) is 24.8. The lowest BCUT2D eigenvalue weighted by atomic mass is 10.2. The Morgan fingerprint density at radius 3 is 2.57 bits per heavy atom. The molecule has 1 saturated heterocycles. The number of imidazole rings is 1. The summed E-state index contributed by atoms with van der Waals surface area (Å²) in [6.07, 6.45) is 3.71. The van der Waals surface area contributed by atoms with Crippen molar-refractivity contribution in [2.45, 2.75) is 43.5 Å². The Labute approximate surface area is 208 Å². The van der Waals surface area contributed by atoms with Gasteiger partial charge in [0.2, 0.25) is 15.9 Å². The largest absolute Gasteiger partial charge is 0.355 e. The maximum absolute atomic E-state index is 13.0. The molecule has 0 bridgehead atoms. The number of nitrogens with one attached hydrogen (secondary N) is 1. The molecule has 35 heavy (non-hydrogen) atoms. The average molecular weight is 498 g/mol. The van der Waals surface area contributed by atoms with Crippen LogP contribution in [0.2, 0.25) is 0 Å². The van der Waals surface area contributed by atoms with Crippen LogP contribution in [0.1, 0.15) is 37.1 Å². The van der Waals surface area contributed by atoms with Crippen LogP contribution >= 0.6 is 0 Å². The van der Waals surface area contributed by atoms with Gasteiger partial charge in [0.05, 0.1) is 15.9 Å². The summed E-state index contributed by atoms with van der Waals surface area (Å²) in [5.74, 6) is 0.752. The maximum Gasteiger partial charge on any atom is 0.243 e. The highest BCUT2D eigenvalue weighted by atomic mass is 32.2. The van der Waals surface area contributed by atoms with Gasteiger partial charge in [-0.05, 0) is 43.7 Å². The minimum absolute atomic E-state index is 0.0152. The third-order valence-corrected chi connectivity index (χ3v) is 8.48. The number of fused-ring (bicyclic) bond motifs is 1. The Hall–Kier alpha value is -2.75. The van der Waals surface area contributed by atoms with Crippen LogP contribution in [0.3, 0.4) is 0 Å². The summed E-state index contributed by atoms with van der Waals surface area (Å²) in [6, 6.07) is 15.4. The van der Waals surface area contributed by atoms with E-state index in [2.05, 4.69) is 27.3 Å². The lowest BCUT2D eigenvalue weighted by Gasteiger charge is -2.25. The number of aromatic nitrogens is 2. The number of aryl methyl sites for hydroxylation is 2. The van der Waals surface area contributed by atoms with E-state index < -0.39 is 10.0 Å². The minimum Gasteiger partial charge on any atom is -0.355 e. The number of amides is 1. The van der Waals surface area contributed by atoms with Crippen LogP contribution in [0, 0.1) is 0 Å². The highest BCUT2D eigenvalue weighted by Crippen LogP contribution is 2.24. The summed E-state index contributed by atoms with van der Waals surface area (Å²) >= 11 is 0. The van der Waals surface area contributed by atoms with Crippen molar-refractivity contribution < 1.29 is 13.2 Å². The standard InChI is InChI=1S/C26H35N5O3S/c1-29(20-21-9-5-3-6-10-21)18-15-27-26(32)14-13-25-28-23-19-22(11-12-24(23)30(25)2)35(33,34)31-16-7-4-8-17-31/h3,5-6,9-12,19H,4,7-8,13-18,20H2,1-2H3,(H,27,32). The van der Waals surface area contributed by atoms with Gasteiger partial charge < -0.3 is 14.8 Å². The molecule has 1 aliphatic rings. The highest BCUT2D eigenvalue weighted by Gasteiger charge is 2.26. The van der Waals surface area contributed by atoms with E-state index >= 15 is 0 Å². The summed E-state index contributed by atoms with van der Waals surface area (Å²) in [5, 5.41) is 2.99. The summed E-state index contributed by atoms with van der Waals surface area (Å²) in [6.45, 7) is 3.34.